The van der Waals surface area contributed by atoms with Gasteiger partial charge in [-0.05, 0) is 43.9 Å². The molecule has 0 radical (unpaired) electrons. The molecule has 0 bridgehead atoms. The maximum Gasteiger partial charge on any atom is 0.273 e. The second kappa shape index (κ2) is 9.32. The van der Waals surface area contributed by atoms with Crippen molar-refractivity contribution in [2.24, 2.45) is 13.0 Å². The van der Waals surface area contributed by atoms with Crippen LogP contribution in [0.3, 0.4) is 0 Å². The number of benzene rings is 1. The predicted octanol–water partition coefficient (Wildman–Crippen LogP) is 3.53. The van der Waals surface area contributed by atoms with Crippen LogP contribution in [0.1, 0.15) is 48.3 Å². The Morgan fingerprint density at radius 3 is 2.52 bits per heavy atom. The van der Waals surface area contributed by atoms with Crippen LogP contribution >= 0.6 is 0 Å². The minimum absolute atomic E-state index is 0.0421. The van der Waals surface area contributed by atoms with Crippen molar-refractivity contribution in [2.45, 2.75) is 46.2 Å². The highest BCUT2D eigenvalue weighted by Gasteiger charge is 2.34. The highest BCUT2D eigenvalue weighted by atomic mass is 16.6. The van der Waals surface area contributed by atoms with Crippen molar-refractivity contribution in [2.75, 3.05) is 13.1 Å². The van der Waals surface area contributed by atoms with Crippen molar-refractivity contribution in [1.29, 1.82) is 0 Å². The van der Waals surface area contributed by atoms with Crippen LogP contribution in [-0.4, -0.2) is 50.2 Å². The molecule has 1 saturated carbocycles. The van der Waals surface area contributed by atoms with Crippen LogP contribution in [0.2, 0.25) is 0 Å². The zero-order chi connectivity index (χ0) is 22.7. The molecular weight excluding hydrogens is 396 g/mol. The molecule has 3 rings (SSSR count). The Balaban J connectivity index is 1.80. The first kappa shape index (κ1) is 22.5. The molecule has 2 amide bonds. The van der Waals surface area contributed by atoms with Crippen LogP contribution in [0.4, 0.5) is 5.69 Å². The lowest BCUT2D eigenvalue weighted by Gasteiger charge is -2.29. The van der Waals surface area contributed by atoms with Crippen LogP contribution in [-0.2, 0) is 18.4 Å². The summed E-state index contributed by atoms with van der Waals surface area (Å²) in [6, 6.07) is 8.61. The van der Waals surface area contributed by atoms with E-state index in [1.54, 1.807) is 19.1 Å². The van der Waals surface area contributed by atoms with Gasteiger partial charge in [0.15, 0.2) is 0 Å². The molecule has 0 aliphatic heterocycles. The fraction of sp³-hybridized carbons (Fsp3) is 0.478. The summed E-state index contributed by atoms with van der Waals surface area (Å²) in [6.45, 7) is 6.45. The van der Waals surface area contributed by atoms with E-state index in [0.717, 1.165) is 18.5 Å². The molecule has 0 unspecified atom stereocenters. The molecule has 2 aromatic rings. The summed E-state index contributed by atoms with van der Waals surface area (Å²) in [5, 5.41) is 11.3. The Kier molecular flexibility index (Phi) is 6.77. The van der Waals surface area contributed by atoms with Crippen molar-refractivity contribution in [1.82, 2.24) is 14.4 Å². The summed E-state index contributed by atoms with van der Waals surface area (Å²) in [5.41, 5.74) is 1.67. The number of carbonyl (C=O) groups excluding carboxylic acids is 2. The first-order valence-corrected chi connectivity index (χ1v) is 10.6. The minimum Gasteiger partial charge on any atom is -0.353 e. The zero-order valence-electron chi connectivity index (χ0n) is 18.6. The molecule has 1 aromatic heterocycles. The largest absolute Gasteiger partial charge is 0.353 e. The van der Waals surface area contributed by atoms with Gasteiger partial charge in [-0.1, -0.05) is 19.9 Å². The third-order valence-electron chi connectivity index (χ3n) is 5.54. The number of rotatable bonds is 9. The summed E-state index contributed by atoms with van der Waals surface area (Å²) >= 11 is 0. The van der Waals surface area contributed by atoms with E-state index < -0.39 is 4.92 Å². The molecule has 0 spiro atoms. The average molecular weight is 427 g/mol. The summed E-state index contributed by atoms with van der Waals surface area (Å²) in [5.74, 6) is -0.307. The molecule has 31 heavy (non-hydrogen) atoms. The Morgan fingerprint density at radius 2 is 1.97 bits per heavy atom. The van der Waals surface area contributed by atoms with Crippen molar-refractivity contribution < 1.29 is 14.5 Å². The molecule has 0 saturated heterocycles. The molecule has 1 fully saturated rings. The third kappa shape index (κ3) is 5.51. The lowest BCUT2D eigenvalue weighted by Crippen LogP contribution is -2.45. The van der Waals surface area contributed by atoms with Crippen LogP contribution in [0.5, 0.6) is 0 Å². The van der Waals surface area contributed by atoms with E-state index in [9.17, 15) is 19.7 Å². The normalized spacial score (nSPS) is 13.3. The van der Waals surface area contributed by atoms with Crippen LogP contribution in [0, 0.1) is 23.0 Å². The number of hydrogen-bond acceptors (Lipinski definition) is 4. The van der Waals surface area contributed by atoms with Gasteiger partial charge < -0.3 is 14.4 Å². The maximum atomic E-state index is 13.2. The van der Waals surface area contributed by atoms with E-state index in [2.05, 4.69) is 0 Å². The number of aryl methyl sites for hydroxylation is 2. The number of hydrogen-bond donors (Lipinski definition) is 0. The van der Waals surface area contributed by atoms with Gasteiger partial charge in [0, 0.05) is 48.7 Å². The summed E-state index contributed by atoms with van der Waals surface area (Å²) in [7, 11) is 1.95. The van der Waals surface area contributed by atoms with Gasteiger partial charge in [0.2, 0.25) is 5.91 Å². The van der Waals surface area contributed by atoms with E-state index in [1.807, 2.05) is 48.7 Å². The molecule has 0 N–H and O–H groups in total. The lowest BCUT2D eigenvalue weighted by atomic mass is 10.1. The van der Waals surface area contributed by atoms with Crippen molar-refractivity contribution >= 4 is 17.5 Å². The van der Waals surface area contributed by atoms with Crippen LogP contribution in [0.15, 0.2) is 36.5 Å². The predicted molar refractivity (Wildman–Crippen MR) is 118 cm³/mol. The second-order valence-corrected chi connectivity index (χ2v) is 8.70. The molecule has 8 heteroatoms. The fourth-order valence-corrected chi connectivity index (χ4v) is 3.68. The van der Waals surface area contributed by atoms with Crippen molar-refractivity contribution in [3.8, 4) is 0 Å². The summed E-state index contributed by atoms with van der Waals surface area (Å²) in [6.07, 6.45) is 3.89. The van der Waals surface area contributed by atoms with Crippen molar-refractivity contribution in [3.63, 3.8) is 0 Å². The smallest absolute Gasteiger partial charge is 0.273 e. The van der Waals surface area contributed by atoms with Gasteiger partial charge in [-0.15, -0.1) is 0 Å². The molecule has 166 valence electrons. The summed E-state index contributed by atoms with van der Waals surface area (Å²) < 4.78 is 1.99. The van der Waals surface area contributed by atoms with E-state index in [4.69, 9.17) is 0 Å². The SMILES string of the molecule is Cc1ccc(C(=O)N(CC(=O)N(Cc2cccn2C)C2CC2)CC(C)C)cc1[N+](=O)[O-]. The van der Waals surface area contributed by atoms with E-state index in [1.165, 1.54) is 11.0 Å². The zero-order valence-corrected chi connectivity index (χ0v) is 18.6. The third-order valence-corrected chi connectivity index (χ3v) is 5.54. The van der Waals surface area contributed by atoms with Gasteiger partial charge in [0.1, 0.15) is 6.54 Å². The first-order valence-electron chi connectivity index (χ1n) is 10.6. The van der Waals surface area contributed by atoms with Gasteiger partial charge in [-0.2, -0.15) is 0 Å². The van der Waals surface area contributed by atoms with Gasteiger partial charge in [0.25, 0.3) is 11.6 Å². The number of nitrogens with zero attached hydrogens (tertiary/aromatic N) is 4. The molecule has 1 aliphatic carbocycles. The number of nitro benzene ring substituents is 1. The molecular formula is C23H30N4O4. The number of aromatic nitrogens is 1. The number of nitro groups is 1. The fourth-order valence-electron chi connectivity index (χ4n) is 3.68. The average Bonchev–Trinajstić information content (AvgIpc) is 3.46. The quantitative estimate of drug-likeness (QED) is 0.453. The van der Waals surface area contributed by atoms with E-state index >= 15 is 0 Å². The van der Waals surface area contributed by atoms with Gasteiger partial charge >= 0.3 is 0 Å². The second-order valence-electron chi connectivity index (χ2n) is 8.70. The maximum absolute atomic E-state index is 13.2. The summed E-state index contributed by atoms with van der Waals surface area (Å²) in [4.78, 5) is 40.6. The standard InChI is InChI=1S/C23H30N4O4/c1-16(2)13-25(23(29)18-8-7-17(3)21(12-18)27(30)31)15-22(28)26(19-9-10-19)14-20-6-5-11-24(20)4/h5-8,11-12,16,19H,9-10,13-15H2,1-4H3. The van der Waals surface area contributed by atoms with E-state index in [0.29, 0.717) is 18.7 Å². The Labute approximate surface area is 182 Å². The van der Waals surface area contributed by atoms with Gasteiger partial charge in [-0.25, -0.2) is 0 Å². The number of carbonyl (C=O) groups is 2. The number of amides is 2. The Morgan fingerprint density at radius 1 is 1.26 bits per heavy atom. The molecule has 1 heterocycles. The molecule has 1 aromatic carbocycles. The Bertz CT molecular complexity index is 978. The molecule has 8 nitrogen and oxygen atoms in total. The lowest BCUT2D eigenvalue weighted by molar-refractivity contribution is -0.385. The van der Waals surface area contributed by atoms with E-state index in [-0.39, 0.29) is 41.6 Å². The van der Waals surface area contributed by atoms with Crippen LogP contribution in [0.25, 0.3) is 0 Å². The van der Waals surface area contributed by atoms with Gasteiger partial charge in [0.05, 0.1) is 11.5 Å². The molecule has 1 aliphatic rings. The first-order chi connectivity index (χ1) is 14.7. The monoisotopic (exact) mass is 426 g/mol. The molecule has 0 atom stereocenters. The highest BCUT2D eigenvalue weighted by Crippen LogP contribution is 2.29. The topological polar surface area (TPSA) is 88.7 Å². The Hall–Kier alpha value is -3.16. The van der Waals surface area contributed by atoms with Gasteiger partial charge in [-0.3, -0.25) is 19.7 Å². The minimum atomic E-state index is -0.487. The highest BCUT2D eigenvalue weighted by molar-refractivity contribution is 5.97. The van der Waals surface area contributed by atoms with Crippen molar-refractivity contribution in [3.05, 3.63) is 63.5 Å². The van der Waals surface area contributed by atoms with Crippen LogP contribution < -0.4 is 0 Å².